The molecule has 7 heteroatoms. The minimum Gasteiger partial charge on any atom is -0.505 e. The van der Waals surface area contributed by atoms with E-state index in [1.165, 1.54) is 24.3 Å². The Morgan fingerprint density at radius 2 is 1.76 bits per heavy atom. The Morgan fingerprint density at radius 3 is 2.38 bits per heavy atom. The maximum atomic E-state index is 13.1. The molecule has 0 radical (unpaired) electrons. The van der Waals surface area contributed by atoms with Crippen molar-refractivity contribution >= 4 is 10.0 Å². The predicted octanol–water partition coefficient (Wildman–Crippen LogP) is 1.47. The van der Waals surface area contributed by atoms with Crippen LogP contribution in [0.3, 0.4) is 0 Å². The number of hydrogen-bond acceptors (Lipinski definition) is 4. The molecule has 2 aromatic rings. The average molecular weight is 310 g/mol. The standard InChI is InChI=1S/C14H15FN2O3S/c15-13-3-1-2-11(14(13)18)9-17-8-10-4-6-12(7-5-10)21(16,19)20/h1-7,17-18H,8-9H2,(H2,16,19,20). The quantitative estimate of drug-likeness (QED) is 0.779. The van der Waals surface area contributed by atoms with Gasteiger partial charge in [-0.15, -0.1) is 0 Å². The molecule has 0 atom stereocenters. The molecule has 0 amide bonds. The van der Waals surface area contributed by atoms with Gasteiger partial charge in [-0.1, -0.05) is 24.3 Å². The number of phenols is 1. The first-order valence-corrected chi connectivity index (χ1v) is 7.71. The number of rotatable bonds is 5. The molecule has 0 aliphatic heterocycles. The molecule has 0 unspecified atom stereocenters. The molecule has 2 rings (SSSR count). The number of aromatic hydroxyl groups is 1. The van der Waals surface area contributed by atoms with Crippen molar-refractivity contribution in [2.75, 3.05) is 0 Å². The maximum Gasteiger partial charge on any atom is 0.238 e. The van der Waals surface area contributed by atoms with E-state index in [2.05, 4.69) is 5.32 Å². The lowest BCUT2D eigenvalue weighted by molar-refractivity contribution is 0.423. The van der Waals surface area contributed by atoms with Gasteiger partial charge in [0.05, 0.1) is 4.90 Å². The number of primary sulfonamides is 1. The zero-order valence-electron chi connectivity index (χ0n) is 11.1. The van der Waals surface area contributed by atoms with Crippen LogP contribution in [0.15, 0.2) is 47.4 Å². The molecule has 0 saturated carbocycles. The molecule has 0 aliphatic rings. The largest absolute Gasteiger partial charge is 0.505 e. The third kappa shape index (κ3) is 4.01. The fourth-order valence-electron chi connectivity index (χ4n) is 1.84. The predicted molar refractivity (Wildman–Crippen MR) is 76.4 cm³/mol. The van der Waals surface area contributed by atoms with E-state index in [-0.39, 0.29) is 10.6 Å². The van der Waals surface area contributed by atoms with E-state index in [1.807, 2.05) is 0 Å². The van der Waals surface area contributed by atoms with Crippen LogP contribution >= 0.6 is 0 Å². The van der Waals surface area contributed by atoms with E-state index >= 15 is 0 Å². The van der Waals surface area contributed by atoms with Crippen LogP contribution in [0.1, 0.15) is 11.1 Å². The fraction of sp³-hybridized carbons (Fsp3) is 0.143. The van der Waals surface area contributed by atoms with Crippen LogP contribution < -0.4 is 10.5 Å². The second kappa shape index (κ2) is 6.21. The van der Waals surface area contributed by atoms with Gasteiger partial charge in [0.1, 0.15) is 0 Å². The number of phenolic OH excluding ortho intramolecular Hbond substituents is 1. The van der Waals surface area contributed by atoms with E-state index in [0.717, 1.165) is 5.56 Å². The molecular formula is C14H15FN2O3S. The van der Waals surface area contributed by atoms with Gasteiger partial charge in [0.2, 0.25) is 10.0 Å². The first-order chi connectivity index (χ1) is 9.88. The number of sulfonamides is 1. The topological polar surface area (TPSA) is 92.4 Å². The maximum absolute atomic E-state index is 13.1. The third-order valence-electron chi connectivity index (χ3n) is 2.97. The summed E-state index contributed by atoms with van der Waals surface area (Å²) in [4.78, 5) is 0.0500. The van der Waals surface area contributed by atoms with Crippen LogP contribution in [0, 0.1) is 5.82 Å². The highest BCUT2D eigenvalue weighted by Crippen LogP contribution is 2.20. The van der Waals surface area contributed by atoms with Crippen molar-refractivity contribution in [3.05, 3.63) is 59.4 Å². The van der Waals surface area contributed by atoms with E-state index in [4.69, 9.17) is 5.14 Å². The summed E-state index contributed by atoms with van der Waals surface area (Å²) >= 11 is 0. The fourth-order valence-corrected chi connectivity index (χ4v) is 2.36. The van der Waals surface area contributed by atoms with Crippen LogP contribution in [-0.4, -0.2) is 13.5 Å². The second-order valence-corrected chi connectivity index (χ2v) is 6.10. The van der Waals surface area contributed by atoms with Gasteiger partial charge in [-0.3, -0.25) is 0 Å². The van der Waals surface area contributed by atoms with Crippen LogP contribution in [0.5, 0.6) is 5.75 Å². The summed E-state index contributed by atoms with van der Waals surface area (Å²) in [5.41, 5.74) is 1.30. The molecule has 0 aliphatic carbocycles. The molecule has 5 nitrogen and oxygen atoms in total. The van der Waals surface area contributed by atoms with Gasteiger partial charge in [0, 0.05) is 18.7 Å². The molecule has 0 spiro atoms. The van der Waals surface area contributed by atoms with Gasteiger partial charge in [-0.25, -0.2) is 17.9 Å². The summed E-state index contributed by atoms with van der Waals surface area (Å²) in [5, 5.41) is 17.6. The lowest BCUT2D eigenvalue weighted by Gasteiger charge is -2.08. The zero-order chi connectivity index (χ0) is 15.5. The van der Waals surface area contributed by atoms with Gasteiger partial charge in [-0.05, 0) is 23.8 Å². The monoisotopic (exact) mass is 310 g/mol. The van der Waals surface area contributed by atoms with Crippen molar-refractivity contribution in [2.24, 2.45) is 5.14 Å². The molecule has 21 heavy (non-hydrogen) atoms. The summed E-state index contributed by atoms with van der Waals surface area (Å²) in [6.07, 6.45) is 0. The number of nitrogens with one attached hydrogen (secondary N) is 1. The highest BCUT2D eigenvalue weighted by atomic mass is 32.2. The van der Waals surface area contributed by atoms with E-state index in [1.54, 1.807) is 18.2 Å². The Bertz CT molecular complexity index is 730. The molecule has 0 heterocycles. The summed E-state index contributed by atoms with van der Waals surface area (Å²) < 4.78 is 35.4. The van der Waals surface area contributed by atoms with Crippen molar-refractivity contribution in [1.82, 2.24) is 5.32 Å². The van der Waals surface area contributed by atoms with Gasteiger partial charge < -0.3 is 10.4 Å². The molecule has 0 saturated heterocycles. The average Bonchev–Trinajstić information content (AvgIpc) is 2.43. The Hall–Kier alpha value is -1.96. The van der Waals surface area contributed by atoms with Crippen molar-refractivity contribution < 1.29 is 17.9 Å². The Balaban J connectivity index is 1.96. The third-order valence-corrected chi connectivity index (χ3v) is 3.90. The molecule has 4 N–H and O–H groups in total. The van der Waals surface area contributed by atoms with Gasteiger partial charge in [0.15, 0.2) is 11.6 Å². The second-order valence-electron chi connectivity index (χ2n) is 4.54. The van der Waals surface area contributed by atoms with Crippen LogP contribution in [0.25, 0.3) is 0 Å². The minimum atomic E-state index is -3.69. The molecule has 112 valence electrons. The van der Waals surface area contributed by atoms with E-state index in [0.29, 0.717) is 18.7 Å². The first-order valence-electron chi connectivity index (χ1n) is 6.17. The van der Waals surface area contributed by atoms with Crippen LogP contribution in [0.2, 0.25) is 0 Å². The van der Waals surface area contributed by atoms with Crippen LogP contribution in [0.4, 0.5) is 4.39 Å². The van der Waals surface area contributed by atoms with Crippen LogP contribution in [-0.2, 0) is 23.1 Å². The first kappa shape index (κ1) is 15.4. The van der Waals surface area contributed by atoms with Crippen molar-refractivity contribution in [3.63, 3.8) is 0 Å². The van der Waals surface area contributed by atoms with Gasteiger partial charge in [-0.2, -0.15) is 0 Å². The summed E-state index contributed by atoms with van der Waals surface area (Å²) in [6, 6.07) is 10.4. The molecule has 2 aromatic carbocycles. The number of hydrogen-bond donors (Lipinski definition) is 3. The summed E-state index contributed by atoms with van der Waals surface area (Å²) in [6.45, 7) is 0.737. The molecular weight excluding hydrogens is 295 g/mol. The zero-order valence-corrected chi connectivity index (χ0v) is 11.9. The van der Waals surface area contributed by atoms with Gasteiger partial charge >= 0.3 is 0 Å². The number of para-hydroxylation sites is 1. The SMILES string of the molecule is NS(=O)(=O)c1ccc(CNCc2cccc(F)c2O)cc1. The summed E-state index contributed by atoms with van der Waals surface area (Å²) in [7, 11) is -3.69. The smallest absolute Gasteiger partial charge is 0.238 e. The lowest BCUT2D eigenvalue weighted by Crippen LogP contribution is -2.14. The Labute approximate surface area is 122 Å². The lowest BCUT2D eigenvalue weighted by atomic mass is 10.2. The molecule has 0 fully saturated rings. The highest BCUT2D eigenvalue weighted by molar-refractivity contribution is 7.89. The normalized spacial score (nSPS) is 11.5. The van der Waals surface area contributed by atoms with Crippen molar-refractivity contribution in [2.45, 2.75) is 18.0 Å². The number of benzene rings is 2. The number of nitrogens with two attached hydrogens (primary N) is 1. The van der Waals surface area contributed by atoms with Gasteiger partial charge in [0.25, 0.3) is 0 Å². The van der Waals surface area contributed by atoms with E-state index < -0.39 is 15.8 Å². The Kier molecular flexibility index (Phi) is 4.56. The number of halogens is 1. The highest BCUT2D eigenvalue weighted by Gasteiger charge is 2.07. The van der Waals surface area contributed by atoms with Crippen molar-refractivity contribution in [3.8, 4) is 5.75 Å². The summed E-state index contributed by atoms with van der Waals surface area (Å²) in [5.74, 6) is -1.03. The van der Waals surface area contributed by atoms with E-state index in [9.17, 15) is 17.9 Å². The van der Waals surface area contributed by atoms with Crippen molar-refractivity contribution in [1.29, 1.82) is 0 Å². The molecule has 0 bridgehead atoms. The Morgan fingerprint density at radius 1 is 1.10 bits per heavy atom. The molecule has 0 aromatic heterocycles. The minimum absolute atomic E-state index is 0.0500.